The molecular weight excluding hydrogens is 262 g/mol. The topological polar surface area (TPSA) is 60.8 Å². The monoisotopic (exact) mass is 281 g/mol. The van der Waals surface area contributed by atoms with Crippen LogP contribution in [0.25, 0.3) is 0 Å². The Morgan fingerprint density at radius 2 is 2.16 bits per heavy atom. The first kappa shape index (κ1) is 15.7. The van der Waals surface area contributed by atoms with Crippen molar-refractivity contribution in [3.8, 4) is 11.8 Å². The number of hydrogen-bond donors (Lipinski definition) is 2. The fourth-order valence-electron chi connectivity index (χ4n) is 1.67. The molecule has 1 rings (SSSR count). The molecule has 0 spiro atoms. The summed E-state index contributed by atoms with van der Waals surface area (Å²) in [6.45, 7) is 5.27. The summed E-state index contributed by atoms with van der Waals surface area (Å²) in [6.07, 6.45) is 0. The lowest BCUT2D eigenvalue weighted by Gasteiger charge is -2.25. The molecule has 5 heteroatoms. The quantitative estimate of drug-likeness (QED) is 0.820. The van der Waals surface area contributed by atoms with E-state index >= 15 is 0 Å². The Balaban J connectivity index is 2.89. The molecule has 0 aromatic carbocycles. The molecule has 0 atom stereocenters. The number of nitrogens with zero attached hydrogens (tertiary/aromatic N) is 1. The van der Waals surface area contributed by atoms with Gasteiger partial charge in [-0.2, -0.15) is 0 Å². The smallest absolute Gasteiger partial charge is 0.263 e. The van der Waals surface area contributed by atoms with Crippen LogP contribution in [-0.4, -0.2) is 46.8 Å². The molecule has 1 aromatic heterocycles. The van der Waals surface area contributed by atoms with Crippen LogP contribution in [0.3, 0.4) is 0 Å². The van der Waals surface area contributed by atoms with Gasteiger partial charge in [-0.1, -0.05) is 11.8 Å². The number of aryl methyl sites for hydroxylation is 1. The van der Waals surface area contributed by atoms with Crippen LogP contribution in [0.4, 0.5) is 0 Å². The van der Waals surface area contributed by atoms with Gasteiger partial charge >= 0.3 is 0 Å². The Bertz CT molecular complexity index is 517. The Labute approximate surface area is 117 Å². The van der Waals surface area contributed by atoms with Crippen LogP contribution in [0, 0.1) is 18.8 Å². The van der Waals surface area contributed by atoms with E-state index in [-0.39, 0.29) is 19.1 Å². The van der Waals surface area contributed by atoms with Crippen LogP contribution in [0.1, 0.15) is 34.0 Å². The molecule has 0 saturated carbocycles. The third-order valence-electron chi connectivity index (χ3n) is 2.38. The van der Waals surface area contributed by atoms with Gasteiger partial charge in [0.25, 0.3) is 5.91 Å². The Morgan fingerprint density at radius 3 is 2.68 bits per heavy atom. The summed E-state index contributed by atoms with van der Waals surface area (Å²) >= 11 is 1.30. The second-order valence-electron chi connectivity index (χ2n) is 5.06. The van der Waals surface area contributed by atoms with Crippen molar-refractivity contribution in [2.75, 3.05) is 20.2 Å². The summed E-state index contributed by atoms with van der Waals surface area (Å²) < 4.78 is 0. The molecule has 0 unspecified atom stereocenters. The summed E-state index contributed by atoms with van der Waals surface area (Å²) in [5.74, 6) is 5.27. The molecule has 4 nitrogen and oxygen atoms in total. The van der Waals surface area contributed by atoms with Crippen molar-refractivity contribution in [1.82, 2.24) is 4.90 Å². The molecule has 0 saturated heterocycles. The summed E-state index contributed by atoms with van der Waals surface area (Å²) in [7, 11) is 1.66. The van der Waals surface area contributed by atoms with Gasteiger partial charge < -0.3 is 15.1 Å². The normalized spacial score (nSPS) is 10.8. The summed E-state index contributed by atoms with van der Waals surface area (Å²) in [6, 6.07) is 1.79. The van der Waals surface area contributed by atoms with Gasteiger partial charge in [-0.3, -0.25) is 4.79 Å². The molecule has 0 radical (unpaired) electrons. The Hall–Kier alpha value is -1.35. The molecule has 1 aromatic rings. The predicted molar refractivity (Wildman–Crippen MR) is 76.3 cm³/mol. The van der Waals surface area contributed by atoms with Gasteiger partial charge in [0.1, 0.15) is 6.61 Å². The highest BCUT2D eigenvalue weighted by molar-refractivity contribution is 7.14. The zero-order valence-electron chi connectivity index (χ0n) is 11.6. The first-order valence-corrected chi connectivity index (χ1v) is 6.74. The molecule has 0 aliphatic rings. The van der Waals surface area contributed by atoms with Crippen LogP contribution < -0.4 is 0 Å². The van der Waals surface area contributed by atoms with Crippen molar-refractivity contribution in [3.05, 3.63) is 21.4 Å². The zero-order valence-corrected chi connectivity index (χ0v) is 12.5. The fraction of sp³-hybridized carbons (Fsp3) is 0.500. The van der Waals surface area contributed by atoms with E-state index < -0.39 is 5.60 Å². The molecule has 104 valence electrons. The molecule has 1 heterocycles. The van der Waals surface area contributed by atoms with Crippen LogP contribution in [0.15, 0.2) is 6.07 Å². The summed E-state index contributed by atoms with van der Waals surface area (Å²) in [5.41, 5.74) is 0.00179. The van der Waals surface area contributed by atoms with Crippen LogP contribution >= 0.6 is 11.3 Å². The van der Waals surface area contributed by atoms with Gasteiger partial charge in [0, 0.05) is 13.6 Å². The SMILES string of the molecule is Cc1cc(C(=O)N(C)CC(C)(C)O)sc1C#CCO. The highest BCUT2D eigenvalue weighted by Gasteiger charge is 2.22. The number of aliphatic hydroxyl groups excluding tert-OH is 1. The Morgan fingerprint density at radius 1 is 1.53 bits per heavy atom. The van der Waals surface area contributed by atoms with Crippen LogP contribution in [0.2, 0.25) is 0 Å². The molecule has 1 amide bonds. The molecule has 2 N–H and O–H groups in total. The average molecular weight is 281 g/mol. The number of carbonyl (C=O) groups is 1. The minimum absolute atomic E-state index is 0.132. The van der Waals surface area contributed by atoms with E-state index in [0.717, 1.165) is 10.4 Å². The molecular formula is C14H19NO3S. The average Bonchev–Trinajstić information content (AvgIpc) is 2.64. The largest absolute Gasteiger partial charge is 0.389 e. The minimum Gasteiger partial charge on any atom is -0.389 e. The maximum Gasteiger partial charge on any atom is 0.263 e. The maximum absolute atomic E-state index is 12.2. The van der Waals surface area contributed by atoms with Crippen molar-refractivity contribution in [2.24, 2.45) is 0 Å². The third kappa shape index (κ3) is 4.67. The van der Waals surface area contributed by atoms with Gasteiger partial charge in [-0.25, -0.2) is 0 Å². The maximum atomic E-state index is 12.2. The van der Waals surface area contributed by atoms with Crippen molar-refractivity contribution in [3.63, 3.8) is 0 Å². The van der Waals surface area contributed by atoms with Crippen LogP contribution in [-0.2, 0) is 0 Å². The lowest BCUT2D eigenvalue weighted by molar-refractivity contribution is 0.0370. The lowest BCUT2D eigenvalue weighted by Crippen LogP contribution is -2.39. The van der Waals surface area contributed by atoms with E-state index in [2.05, 4.69) is 11.8 Å². The summed E-state index contributed by atoms with van der Waals surface area (Å²) in [4.78, 5) is 15.1. The number of thiophene rings is 1. The third-order valence-corrected chi connectivity index (χ3v) is 3.52. The molecule has 0 bridgehead atoms. The number of hydrogen-bond acceptors (Lipinski definition) is 4. The van der Waals surface area contributed by atoms with Crippen molar-refractivity contribution < 1.29 is 15.0 Å². The highest BCUT2D eigenvalue weighted by Crippen LogP contribution is 2.22. The highest BCUT2D eigenvalue weighted by atomic mass is 32.1. The van der Waals surface area contributed by atoms with E-state index in [1.807, 2.05) is 6.92 Å². The van der Waals surface area contributed by atoms with E-state index in [1.54, 1.807) is 27.0 Å². The molecule has 19 heavy (non-hydrogen) atoms. The predicted octanol–water partition coefficient (Wildman–Crippen LogP) is 1.24. The van der Waals surface area contributed by atoms with Gasteiger partial charge in [-0.05, 0) is 32.4 Å². The van der Waals surface area contributed by atoms with Gasteiger partial charge in [0.2, 0.25) is 0 Å². The molecule has 0 aliphatic carbocycles. The number of carbonyl (C=O) groups excluding carboxylic acids is 1. The standard InChI is InChI=1S/C14H19NO3S/c1-10-8-12(19-11(10)6-5-7-16)13(17)15(4)9-14(2,3)18/h8,16,18H,7,9H2,1-4H3. The van der Waals surface area contributed by atoms with Gasteiger partial charge in [0.15, 0.2) is 0 Å². The minimum atomic E-state index is -0.920. The van der Waals surface area contributed by atoms with Crippen molar-refractivity contribution in [1.29, 1.82) is 0 Å². The fourth-order valence-corrected chi connectivity index (χ4v) is 2.71. The van der Waals surface area contributed by atoms with Gasteiger partial charge in [0.05, 0.1) is 15.4 Å². The molecule has 0 fully saturated rings. The first-order chi connectivity index (χ1) is 8.74. The van der Waals surface area contributed by atoms with Crippen molar-refractivity contribution in [2.45, 2.75) is 26.4 Å². The van der Waals surface area contributed by atoms with E-state index in [4.69, 9.17) is 5.11 Å². The number of aliphatic hydroxyl groups is 2. The van der Waals surface area contributed by atoms with Crippen LogP contribution in [0.5, 0.6) is 0 Å². The summed E-state index contributed by atoms with van der Waals surface area (Å²) in [5, 5.41) is 18.4. The number of likely N-dealkylation sites (N-methyl/N-ethyl adjacent to an activating group) is 1. The first-order valence-electron chi connectivity index (χ1n) is 5.92. The number of rotatable bonds is 3. The lowest BCUT2D eigenvalue weighted by atomic mass is 10.1. The van der Waals surface area contributed by atoms with E-state index in [1.165, 1.54) is 16.2 Å². The zero-order chi connectivity index (χ0) is 14.6. The van der Waals surface area contributed by atoms with Gasteiger partial charge in [-0.15, -0.1) is 11.3 Å². The molecule has 0 aliphatic heterocycles. The van der Waals surface area contributed by atoms with E-state index in [9.17, 15) is 9.90 Å². The number of amides is 1. The second kappa shape index (κ2) is 6.20. The van der Waals surface area contributed by atoms with E-state index in [0.29, 0.717) is 4.88 Å². The second-order valence-corrected chi connectivity index (χ2v) is 6.11. The Kier molecular flexibility index (Phi) is 5.12. The van der Waals surface area contributed by atoms with Crippen molar-refractivity contribution >= 4 is 17.2 Å².